The lowest BCUT2D eigenvalue weighted by Gasteiger charge is -2.33. The molecule has 0 bridgehead atoms. The van der Waals surface area contributed by atoms with Gasteiger partial charge in [-0.25, -0.2) is 14.9 Å². The van der Waals surface area contributed by atoms with E-state index in [0.717, 1.165) is 24.8 Å². The highest BCUT2D eigenvalue weighted by molar-refractivity contribution is 5.97. The van der Waals surface area contributed by atoms with Crippen molar-refractivity contribution in [2.75, 3.05) is 6.54 Å². The summed E-state index contributed by atoms with van der Waals surface area (Å²) in [5.74, 6) is 0.430. The van der Waals surface area contributed by atoms with E-state index in [1.165, 1.54) is 6.39 Å². The van der Waals surface area contributed by atoms with E-state index in [4.69, 9.17) is 4.42 Å². The highest BCUT2D eigenvalue weighted by Crippen LogP contribution is 2.31. The fourth-order valence-corrected chi connectivity index (χ4v) is 3.23. The minimum atomic E-state index is -0.377. The predicted molar refractivity (Wildman–Crippen MR) is 88.8 cm³/mol. The number of amides is 1. The van der Waals surface area contributed by atoms with Crippen LogP contribution in [0.2, 0.25) is 0 Å². The zero-order valence-corrected chi connectivity index (χ0v) is 13.4. The third-order valence-corrected chi connectivity index (χ3v) is 4.41. The predicted octanol–water partition coefficient (Wildman–Crippen LogP) is 2.12. The summed E-state index contributed by atoms with van der Waals surface area (Å²) in [6.07, 6.45) is 3.88. The third kappa shape index (κ3) is 2.86. The monoisotopic (exact) mass is 339 g/mol. The summed E-state index contributed by atoms with van der Waals surface area (Å²) >= 11 is 0. The maximum absolute atomic E-state index is 13.1. The zero-order valence-electron chi connectivity index (χ0n) is 13.4. The van der Waals surface area contributed by atoms with Crippen molar-refractivity contribution in [1.29, 1.82) is 0 Å². The number of carbonyl (C=O) groups excluding carboxylic acids is 1. The maximum Gasteiger partial charge on any atom is 0.340 e. The second kappa shape index (κ2) is 6.39. The normalized spacial score (nSPS) is 17.6. The highest BCUT2D eigenvalue weighted by Gasteiger charge is 2.33. The van der Waals surface area contributed by atoms with Crippen LogP contribution < -0.4 is 5.69 Å². The minimum absolute atomic E-state index is 0.205. The van der Waals surface area contributed by atoms with Crippen LogP contribution in [0.15, 0.2) is 45.9 Å². The molecule has 0 radical (unpaired) electrons. The fraction of sp³-hybridized carbons (Fsp3) is 0.294. The molecule has 4 rings (SSSR count). The van der Waals surface area contributed by atoms with E-state index in [2.05, 4.69) is 20.2 Å². The smallest absolute Gasteiger partial charge is 0.340 e. The van der Waals surface area contributed by atoms with E-state index in [1.807, 2.05) is 30.3 Å². The molecule has 8 heteroatoms. The first-order valence-corrected chi connectivity index (χ1v) is 8.18. The molecule has 3 heterocycles. The third-order valence-electron chi connectivity index (χ3n) is 4.41. The summed E-state index contributed by atoms with van der Waals surface area (Å²) in [5, 5.41) is 6.36. The van der Waals surface area contributed by atoms with Gasteiger partial charge in [0.25, 0.3) is 5.91 Å². The van der Waals surface area contributed by atoms with Crippen molar-refractivity contribution in [2.45, 2.75) is 25.3 Å². The molecule has 0 spiro atoms. The first-order chi connectivity index (χ1) is 12.2. The van der Waals surface area contributed by atoms with Crippen LogP contribution in [-0.2, 0) is 0 Å². The van der Waals surface area contributed by atoms with Crippen LogP contribution in [0, 0.1) is 0 Å². The van der Waals surface area contributed by atoms with Gasteiger partial charge in [0, 0.05) is 12.1 Å². The SMILES string of the molecule is O=C(c1ocnc1-c1ccccc1)N1CCCC[C@H]1c1n[nH]c(=O)[nH]1. The number of benzene rings is 1. The summed E-state index contributed by atoms with van der Waals surface area (Å²) in [6.45, 7) is 0.577. The standard InChI is InChI=1S/C17H17N5O3/c23-16(14-13(18-10-25-14)11-6-2-1-3-7-11)22-9-5-4-8-12(22)15-19-17(24)21-20-15/h1-3,6-7,10,12H,4-5,8-9H2,(H2,19,20,21,24)/t12-/m0/s1. The number of nitrogens with one attached hydrogen (secondary N) is 2. The summed E-state index contributed by atoms with van der Waals surface area (Å²) in [4.78, 5) is 33.0. The molecule has 3 aromatic rings. The molecule has 2 aromatic heterocycles. The quantitative estimate of drug-likeness (QED) is 0.760. The molecule has 1 saturated heterocycles. The van der Waals surface area contributed by atoms with E-state index < -0.39 is 0 Å². The lowest BCUT2D eigenvalue weighted by molar-refractivity contribution is 0.0569. The van der Waals surface area contributed by atoms with Gasteiger partial charge in [-0.05, 0) is 19.3 Å². The summed E-state index contributed by atoms with van der Waals surface area (Å²) in [6, 6.07) is 9.15. The van der Waals surface area contributed by atoms with Crippen LogP contribution >= 0.6 is 0 Å². The van der Waals surface area contributed by atoms with E-state index >= 15 is 0 Å². The van der Waals surface area contributed by atoms with Crippen LogP contribution in [0.3, 0.4) is 0 Å². The number of hydrogen-bond acceptors (Lipinski definition) is 5. The average Bonchev–Trinajstić information content (AvgIpc) is 3.31. The number of piperidine rings is 1. The maximum atomic E-state index is 13.1. The second-order valence-electron chi connectivity index (χ2n) is 5.97. The summed E-state index contributed by atoms with van der Waals surface area (Å²) < 4.78 is 5.42. The topological polar surface area (TPSA) is 108 Å². The van der Waals surface area contributed by atoms with Gasteiger partial charge in [0.15, 0.2) is 12.2 Å². The number of likely N-dealkylation sites (tertiary alicyclic amines) is 1. The first kappa shape index (κ1) is 15.4. The molecule has 1 aliphatic heterocycles. The molecular formula is C17H17N5O3. The van der Waals surface area contributed by atoms with Gasteiger partial charge in [0.2, 0.25) is 5.76 Å². The Labute approximate surface area is 142 Å². The van der Waals surface area contributed by atoms with Crippen LogP contribution in [0.1, 0.15) is 41.7 Å². The number of rotatable bonds is 3. The molecule has 1 fully saturated rings. The van der Waals surface area contributed by atoms with Gasteiger partial charge in [0.1, 0.15) is 5.69 Å². The molecule has 25 heavy (non-hydrogen) atoms. The molecule has 0 saturated carbocycles. The van der Waals surface area contributed by atoms with Gasteiger partial charge in [-0.1, -0.05) is 30.3 Å². The Hall–Kier alpha value is -3.16. The minimum Gasteiger partial charge on any atom is -0.438 e. The van der Waals surface area contributed by atoms with Crippen LogP contribution in [0.25, 0.3) is 11.3 Å². The van der Waals surface area contributed by atoms with Crippen molar-refractivity contribution >= 4 is 5.91 Å². The molecule has 1 aromatic carbocycles. The van der Waals surface area contributed by atoms with Gasteiger partial charge < -0.3 is 9.32 Å². The molecule has 1 aliphatic rings. The number of oxazole rings is 1. The molecular weight excluding hydrogens is 322 g/mol. The van der Waals surface area contributed by atoms with Crippen LogP contribution in [-0.4, -0.2) is 37.5 Å². The second-order valence-corrected chi connectivity index (χ2v) is 5.97. The van der Waals surface area contributed by atoms with Gasteiger partial charge in [0.05, 0.1) is 6.04 Å². The molecule has 1 amide bonds. The Bertz CT molecular complexity index is 927. The van der Waals surface area contributed by atoms with Gasteiger partial charge in [-0.15, -0.1) is 0 Å². The van der Waals surface area contributed by atoms with E-state index in [-0.39, 0.29) is 23.4 Å². The molecule has 1 atom stereocenters. The first-order valence-electron chi connectivity index (χ1n) is 8.18. The fourth-order valence-electron chi connectivity index (χ4n) is 3.23. The van der Waals surface area contributed by atoms with Crippen molar-refractivity contribution in [1.82, 2.24) is 25.1 Å². The lowest BCUT2D eigenvalue weighted by Crippen LogP contribution is -2.39. The van der Waals surface area contributed by atoms with Crippen molar-refractivity contribution in [3.8, 4) is 11.3 Å². The van der Waals surface area contributed by atoms with Gasteiger partial charge in [-0.3, -0.25) is 9.78 Å². The molecule has 8 nitrogen and oxygen atoms in total. The Balaban J connectivity index is 1.68. The molecule has 0 unspecified atom stereocenters. The largest absolute Gasteiger partial charge is 0.438 e. The van der Waals surface area contributed by atoms with Gasteiger partial charge in [-0.2, -0.15) is 5.10 Å². The number of aromatic nitrogens is 4. The van der Waals surface area contributed by atoms with E-state index in [9.17, 15) is 9.59 Å². The zero-order chi connectivity index (χ0) is 17.2. The Morgan fingerprint density at radius 2 is 2.08 bits per heavy atom. The van der Waals surface area contributed by atoms with Crippen molar-refractivity contribution in [3.63, 3.8) is 0 Å². The number of carbonyl (C=O) groups is 1. The average molecular weight is 339 g/mol. The van der Waals surface area contributed by atoms with Gasteiger partial charge >= 0.3 is 5.69 Å². The Morgan fingerprint density at radius 3 is 2.84 bits per heavy atom. The summed E-state index contributed by atoms with van der Waals surface area (Å²) in [7, 11) is 0. The molecule has 2 N–H and O–H groups in total. The molecule has 128 valence electrons. The number of H-pyrrole nitrogens is 2. The van der Waals surface area contributed by atoms with Crippen molar-refractivity contribution in [3.05, 3.63) is 58.8 Å². The van der Waals surface area contributed by atoms with Crippen LogP contribution in [0.4, 0.5) is 0 Å². The molecule has 0 aliphatic carbocycles. The van der Waals surface area contributed by atoms with E-state index in [1.54, 1.807) is 4.90 Å². The Morgan fingerprint density at radius 1 is 1.24 bits per heavy atom. The lowest BCUT2D eigenvalue weighted by atomic mass is 10.0. The van der Waals surface area contributed by atoms with Crippen molar-refractivity contribution < 1.29 is 9.21 Å². The van der Waals surface area contributed by atoms with Crippen LogP contribution in [0.5, 0.6) is 0 Å². The summed E-state index contributed by atoms with van der Waals surface area (Å²) in [5.41, 5.74) is 0.962. The Kier molecular flexibility index (Phi) is 3.93. The van der Waals surface area contributed by atoms with E-state index in [0.29, 0.717) is 18.1 Å². The van der Waals surface area contributed by atoms with Crippen molar-refractivity contribution in [2.24, 2.45) is 0 Å². The number of aromatic amines is 2. The number of nitrogens with zero attached hydrogens (tertiary/aromatic N) is 3. The highest BCUT2D eigenvalue weighted by atomic mass is 16.3. The number of hydrogen-bond donors (Lipinski definition) is 2.